The Hall–Kier alpha value is -1.30. The maximum atomic E-state index is 11.5. The van der Waals surface area contributed by atoms with Crippen molar-refractivity contribution in [3.63, 3.8) is 0 Å². The fraction of sp³-hybridized carbons (Fsp3) is 0.846. The van der Waals surface area contributed by atoms with Crippen molar-refractivity contribution in [2.45, 2.75) is 45.1 Å². The number of urea groups is 1. The molecule has 0 aromatic rings. The zero-order chi connectivity index (χ0) is 14.1. The van der Waals surface area contributed by atoms with Crippen molar-refractivity contribution in [1.82, 2.24) is 10.6 Å². The van der Waals surface area contributed by atoms with Gasteiger partial charge in [-0.2, -0.15) is 0 Å². The van der Waals surface area contributed by atoms with Crippen LogP contribution in [0.4, 0.5) is 4.79 Å². The molecule has 2 amide bonds. The lowest BCUT2D eigenvalue weighted by atomic mass is 10.0. The summed E-state index contributed by atoms with van der Waals surface area (Å²) in [6, 6.07) is -0.155. The summed E-state index contributed by atoms with van der Waals surface area (Å²) in [6.07, 6.45) is 3.71. The molecule has 2 unspecified atom stereocenters. The number of ether oxygens (including phenoxy) is 1. The first-order valence-corrected chi connectivity index (χ1v) is 6.94. The van der Waals surface area contributed by atoms with E-state index in [0.29, 0.717) is 25.4 Å². The summed E-state index contributed by atoms with van der Waals surface area (Å²) in [6.45, 7) is 4.03. The average molecular weight is 272 g/mol. The molecule has 6 nitrogen and oxygen atoms in total. The number of carbonyl (C=O) groups is 2. The summed E-state index contributed by atoms with van der Waals surface area (Å²) in [5.41, 5.74) is 0. The molecule has 2 atom stereocenters. The first-order valence-electron chi connectivity index (χ1n) is 6.94. The molecule has 1 saturated heterocycles. The van der Waals surface area contributed by atoms with E-state index in [1.807, 2.05) is 6.92 Å². The molecule has 0 aromatic carbocycles. The molecule has 0 radical (unpaired) electrons. The Morgan fingerprint density at radius 3 is 2.68 bits per heavy atom. The minimum atomic E-state index is -0.765. The SMILES string of the molecule is CC1OCCC1CNC(=O)NCCCCCC(=O)O. The molecule has 1 rings (SSSR count). The predicted octanol–water partition coefficient (Wildman–Crippen LogP) is 1.36. The van der Waals surface area contributed by atoms with Gasteiger partial charge in [-0.1, -0.05) is 6.42 Å². The molecule has 3 N–H and O–H groups in total. The number of hydrogen-bond acceptors (Lipinski definition) is 3. The van der Waals surface area contributed by atoms with Crippen LogP contribution in [0.1, 0.15) is 39.0 Å². The van der Waals surface area contributed by atoms with Gasteiger partial charge in [0.15, 0.2) is 0 Å². The van der Waals surface area contributed by atoms with Crippen molar-refractivity contribution in [1.29, 1.82) is 0 Å². The van der Waals surface area contributed by atoms with E-state index in [-0.39, 0.29) is 18.6 Å². The Morgan fingerprint density at radius 2 is 2.05 bits per heavy atom. The van der Waals surface area contributed by atoms with Crippen LogP contribution in [-0.2, 0) is 9.53 Å². The zero-order valence-electron chi connectivity index (χ0n) is 11.5. The number of carboxylic acids is 1. The molecule has 19 heavy (non-hydrogen) atoms. The van der Waals surface area contributed by atoms with Gasteiger partial charge in [-0.15, -0.1) is 0 Å². The molecule has 1 heterocycles. The second kappa shape index (κ2) is 8.74. The number of hydrogen-bond donors (Lipinski definition) is 3. The third kappa shape index (κ3) is 7.00. The Bertz CT molecular complexity index is 296. The Kier molecular flexibility index (Phi) is 7.25. The second-order valence-electron chi connectivity index (χ2n) is 4.97. The van der Waals surface area contributed by atoms with Gasteiger partial charge in [0.2, 0.25) is 0 Å². The maximum Gasteiger partial charge on any atom is 0.314 e. The van der Waals surface area contributed by atoms with Crippen LogP contribution in [-0.4, -0.2) is 42.9 Å². The van der Waals surface area contributed by atoms with Crippen LogP contribution in [0.2, 0.25) is 0 Å². The van der Waals surface area contributed by atoms with Crippen molar-refractivity contribution in [2.75, 3.05) is 19.7 Å². The highest BCUT2D eigenvalue weighted by Crippen LogP contribution is 2.19. The molecular weight excluding hydrogens is 248 g/mol. The van der Waals surface area contributed by atoms with Gasteiger partial charge in [0, 0.05) is 32.0 Å². The van der Waals surface area contributed by atoms with E-state index in [2.05, 4.69) is 10.6 Å². The third-order valence-corrected chi connectivity index (χ3v) is 3.41. The van der Waals surface area contributed by atoms with Crippen molar-refractivity contribution >= 4 is 12.0 Å². The van der Waals surface area contributed by atoms with E-state index in [1.54, 1.807) is 0 Å². The topological polar surface area (TPSA) is 87.7 Å². The molecule has 1 aliphatic heterocycles. The number of amides is 2. The molecule has 0 aliphatic carbocycles. The first-order chi connectivity index (χ1) is 9.09. The molecule has 1 fully saturated rings. The lowest BCUT2D eigenvalue weighted by Crippen LogP contribution is -2.39. The summed E-state index contributed by atoms with van der Waals surface area (Å²) >= 11 is 0. The van der Waals surface area contributed by atoms with Gasteiger partial charge in [0.1, 0.15) is 0 Å². The van der Waals surface area contributed by atoms with Crippen molar-refractivity contribution in [3.8, 4) is 0 Å². The van der Waals surface area contributed by atoms with Gasteiger partial charge in [-0.05, 0) is 26.2 Å². The molecule has 1 aliphatic rings. The molecule has 0 spiro atoms. The quantitative estimate of drug-likeness (QED) is 0.582. The van der Waals surface area contributed by atoms with Crippen LogP contribution >= 0.6 is 0 Å². The van der Waals surface area contributed by atoms with Crippen LogP contribution in [0.15, 0.2) is 0 Å². The van der Waals surface area contributed by atoms with E-state index in [4.69, 9.17) is 9.84 Å². The van der Waals surface area contributed by atoms with Gasteiger partial charge in [-0.25, -0.2) is 4.79 Å². The number of carboxylic acid groups (broad SMARTS) is 1. The van der Waals surface area contributed by atoms with Crippen LogP contribution in [0.5, 0.6) is 0 Å². The van der Waals surface area contributed by atoms with Gasteiger partial charge < -0.3 is 20.5 Å². The Balaban J connectivity index is 1.94. The minimum absolute atomic E-state index is 0.155. The minimum Gasteiger partial charge on any atom is -0.481 e. The largest absolute Gasteiger partial charge is 0.481 e. The van der Waals surface area contributed by atoms with Gasteiger partial charge in [0.05, 0.1) is 6.10 Å². The van der Waals surface area contributed by atoms with E-state index in [1.165, 1.54) is 0 Å². The first kappa shape index (κ1) is 15.8. The normalized spacial score (nSPS) is 22.2. The molecule has 0 saturated carbocycles. The van der Waals surface area contributed by atoms with Crippen LogP contribution in [0, 0.1) is 5.92 Å². The molecule has 6 heteroatoms. The van der Waals surface area contributed by atoms with Crippen LogP contribution in [0.3, 0.4) is 0 Å². The summed E-state index contributed by atoms with van der Waals surface area (Å²) in [7, 11) is 0. The summed E-state index contributed by atoms with van der Waals surface area (Å²) in [4.78, 5) is 21.8. The molecule has 0 bridgehead atoms. The summed E-state index contributed by atoms with van der Waals surface area (Å²) in [5, 5.41) is 14.1. The molecular formula is C13H24N2O4. The summed E-state index contributed by atoms with van der Waals surface area (Å²) < 4.78 is 5.42. The lowest BCUT2D eigenvalue weighted by Gasteiger charge is -2.15. The third-order valence-electron chi connectivity index (χ3n) is 3.41. The van der Waals surface area contributed by atoms with E-state index >= 15 is 0 Å². The predicted molar refractivity (Wildman–Crippen MR) is 71.0 cm³/mol. The maximum absolute atomic E-state index is 11.5. The van der Waals surface area contributed by atoms with Crippen molar-refractivity contribution in [2.24, 2.45) is 5.92 Å². The van der Waals surface area contributed by atoms with E-state index < -0.39 is 5.97 Å². The number of nitrogens with one attached hydrogen (secondary N) is 2. The summed E-state index contributed by atoms with van der Waals surface area (Å²) in [5.74, 6) is -0.361. The second-order valence-corrected chi connectivity index (χ2v) is 4.97. The average Bonchev–Trinajstić information content (AvgIpc) is 2.76. The Labute approximate surface area is 113 Å². The highest BCUT2D eigenvalue weighted by molar-refractivity contribution is 5.73. The standard InChI is InChI=1S/C13H24N2O4/c1-10-11(6-8-19-10)9-15-13(18)14-7-4-2-3-5-12(16)17/h10-11H,2-9H2,1H3,(H,16,17)(H2,14,15,18). The number of carbonyl (C=O) groups excluding carboxylic acids is 1. The zero-order valence-corrected chi connectivity index (χ0v) is 11.5. The van der Waals surface area contributed by atoms with E-state index in [9.17, 15) is 9.59 Å². The number of aliphatic carboxylic acids is 1. The van der Waals surface area contributed by atoms with Crippen LogP contribution in [0.25, 0.3) is 0 Å². The fourth-order valence-corrected chi connectivity index (χ4v) is 2.11. The Morgan fingerprint density at radius 1 is 1.26 bits per heavy atom. The lowest BCUT2D eigenvalue weighted by molar-refractivity contribution is -0.137. The van der Waals surface area contributed by atoms with Crippen molar-refractivity contribution < 1.29 is 19.4 Å². The number of rotatable bonds is 8. The van der Waals surface area contributed by atoms with Gasteiger partial charge in [0.25, 0.3) is 0 Å². The molecule has 0 aromatic heterocycles. The smallest absolute Gasteiger partial charge is 0.314 e. The monoisotopic (exact) mass is 272 g/mol. The fourth-order valence-electron chi connectivity index (χ4n) is 2.11. The highest BCUT2D eigenvalue weighted by Gasteiger charge is 2.24. The van der Waals surface area contributed by atoms with Gasteiger partial charge in [-0.3, -0.25) is 4.79 Å². The number of unbranched alkanes of at least 4 members (excludes halogenated alkanes) is 2. The molecule has 110 valence electrons. The van der Waals surface area contributed by atoms with Gasteiger partial charge >= 0.3 is 12.0 Å². The van der Waals surface area contributed by atoms with E-state index in [0.717, 1.165) is 25.9 Å². The highest BCUT2D eigenvalue weighted by atomic mass is 16.5. The van der Waals surface area contributed by atoms with Crippen LogP contribution < -0.4 is 10.6 Å². The van der Waals surface area contributed by atoms with Crippen molar-refractivity contribution in [3.05, 3.63) is 0 Å².